The lowest BCUT2D eigenvalue weighted by Gasteiger charge is -2.01. The second-order valence-corrected chi connectivity index (χ2v) is 4.71. The summed E-state index contributed by atoms with van der Waals surface area (Å²) in [7, 11) is 0. The summed E-state index contributed by atoms with van der Waals surface area (Å²) in [5, 5.41) is 9.48. The van der Waals surface area contributed by atoms with Crippen LogP contribution in [0.2, 0.25) is 5.02 Å². The lowest BCUT2D eigenvalue weighted by molar-refractivity contribution is -0.131. The van der Waals surface area contributed by atoms with Gasteiger partial charge in [-0.25, -0.2) is 9.18 Å². The summed E-state index contributed by atoms with van der Waals surface area (Å²) in [6, 6.07) is 9.61. The van der Waals surface area contributed by atoms with Crippen LogP contribution in [0, 0.1) is 5.82 Å². The smallest absolute Gasteiger partial charge is 0.328 e. The molecule has 2 aromatic rings. The zero-order valence-corrected chi connectivity index (χ0v) is 10.4. The molecule has 2 aromatic carbocycles. The molecule has 2 nitrogen and oxygen atoms in total. The predicted octanol–water partition coefficient (Wildman–Crippen LogP) is 3.98. The van der Waals surface area contributed by atoms with Gasteiger partial charge in [-0.1, -0.05) is 23.7 Å². The maximum atomic E-state index is 13.4. The Labute approximate surface area is 113 Å². The van der Waals surface area contributed by atoms with Gasteiger partial charge >= 0.3 is 5.97 Å². The molecule has 0 spiro atoms. The summed E-state index contributed by atoms with van der Waals surface area (Å²) >= 11 is 5.95. The number of halogens is 2. The van der Waals surface area contributed by atoms with Gasteiger partial charge in [-0.05, 0) is 52.1 Å². The van der Waals surface area contributed by atoms with Crippen molar-refractivity contribution in [2.24, 2.45) is 0 Å². The third kappa shape index (κ3) is 1.92. The van der Waals surface area contributed by atoms with Crippen molar-refractivity contribution < 1.29 is 14.3 Å². The Morgan fingerprint density at radius 3 is 2.37 bits per heavy atom. The summed E-state index contributed by atoms with van der Waals surface area (Å²) in [5.41, 5.74) is 3.47. The molecule has 0 aliphatic heterocycles. The minimum Gasteiger partial charge on any atom is -0.478 e. The van der Waals surface area contributed by atoms with Crippen LogP contribution in [0.3, 0.4) is 0 Å². The number of fused-ring (bicyclic) bond motifs is 3. The molecule has 0 saturated heterocycles. The van der Waals surface area contributed by atoms with Gasteiger partial charge in [0.2, 0.25) is 0 Å². The first kappa shape index (κ1) is 11.9. The molecule has 0 heterocycles. The second kappa shape index (κ2) is 4.21. The zero-order valence-electron chi connectivity index (χ0n) is 9.65. The van der Waals surface area contributed by atoms with Gasteiger partial charge in [0.1, 0.15) is 5.82 Å². The molecule has 0 fully saturated rings. The molecule has 0 aromatic heterocycles. The quantitative estimate of drug-likeness (QED) is 0.682. The van der Waals surface area contributed by atoms with E-state index in [4.69, 9.17) is 16.7 Å². The van der Waals surface area contributed by atoms with Crippen molar-refractivity contribution in [2.45, 2.75) is 0 Å². The van der Waals surface area contributed by atoms with Crippen LogP contribution in [-0.2, 0) is 4.79 Å². The Morgan fingerprint density at radius 2 is 1.68 bits per heavy atom. The van der Waals surface area contributed by atoms with E-state index in [1.165, 1.54) is 12.1 Å². The van der Waals surface area contributed by atoms with Crippen LogP contribution in [0.15, 0.2) is 42.5 Å². The highest BCUT2D eigenvalue weighted by Gasteiger charge is 2.24. The molecule has 3 rings (SSSR count). The highest BCUT2D eigenvalue weighted by Crippen LogP contribution is 2.45. The number of carbonyl (C=O) groups is 1. The first-order valence-corrected chi connectivity index (χ1v) is 5.99. The van der Waals surface area contributed by atoms with E-state index in [0.717, 1.165) is 22.8 Å². The molecule has 1 aliphatic rings. The lowest BCUT2D eigenvalue weighted by atomic mass is 10.0. The number of hydrogen-bond donors (Lipinski definition) is 1. The van der Waals surface area contributed by atoms with E-state index in [0.29, 0.717) is 16.2 Å². The first-order valence-electron chi connectivity index (χ1n) is 5.61. The minimum atomic E-state index is -1.07. The average Bonchev–Trinajstić information content (AvgIpc) is 2.62. The molecule has 0 saturated carbocycles. The van der Waals surface area contributed by atoms with Gasteiger partial charge in [0.05, 0.1) is 0 Å². The normalized spacial score (nSPS) is 14.3. The maximum Gasteiger partial charge on any atom is 0.328 e. The Hall–Kier alpha value is -2.13. The number of aliphatic carboxylic acids is 1. The average molecular weight is 275 g/mol. The van der Waals surface area contributed by atoms with Crippen molar-refractivity contribution in [3.63, 3.8) is 0 Å². The maximum absolute atomic E-state index is 13.4. The van der Waals surface area contributed by atoms with E-state index in [1.54, 1.807) is 18.2 Å². The van der Waals surface area contributed by atoms with Crippen LogP contribution in [0.25, 0.3) is 16.7 Å². The van der Waals surface area contributed by atoms with Gasteiger partial charge in [-0.3, -0.25) is 0 Å². The predicted molar refractivity (Wildman–Crippen MR) is 71.6 cm³/mol. The third-order valence-electron chi connectivity index (χ3n) is 3.10. The van der Waals surface area contributed by atoms with E-state index < -0.39 is 11.8 Å². The molecule has 1 N–H and O–H groups in total. The van der Waals surface area contributed by atoms with E-state index in [-0.39, 0.29) is 0 Å². The molecule has 0 amide bonds. The molecular formula is C15H8ClFO2. The lowest BCUT2D eigenvalue weighted by Crippen LogP contribution is -1.92. The summed E-state index contributed by atoms with van der Waals surface area (Å²) in [5.74, 6) is -1.47. The molecule has 0 radical (unpaired) electrons. The van der Waals surface area contributed by atoms with E-state index in [1.807, 2.05) is 6.07 Å². The monoisotopic (exact) mass is 274 g/mol. The highest BCUT2D eigenvalue weighted by molar-refractivity contribution is 6.31. The van der Waals surface area contributed by atoms with Crippen molar-refractivity contribution in [2.75, 3.05) is 0 Å². The fourth-order valence-corrected chi connectivity index (χ4v) is 2.54. The summed E-state index contributed by atoms with van der Waals surface area (Å²) in [4.78, 5) is 10.9. The first-order chi connectivity index (χ1) is 9.06. The molecule has 94 valence electrons. The van der Waals surface area contributed by atoms with Crippen LogP contribution in [0.5, 0.6) is 0 Å². The second-order valence-electron chi connectivity index (χ2n) is 4.28. The van der Waals surface area contributed by atoms with E-state index >= 15 is 0 Å². The number of benzene rings is 2. The van der Waals surface area contributed by atoms with Crippen molar-refractivity contribution in [1.82, 2.24) is 0 Å². The minimum absolute atomic E-state index is 0.394. The number of carboxylic acid groups (broad SMARTS) is 1. The number of carboxylic acids is 1. The summed E-state index contributed by atoms with van der Waals surface area (Å²) in [6.45, 7) is 0. The Morgan fingerprint density at radius 1 is 1.05 bits per heavy atom. The van der Waals surface area contributed by atoms with Crippen LogP contribution < -0.4 is 0 Å². The van der Waals surface area contributed by atoms with Crippen molar-refractivity contribution >= 4 is 23.1 Å². The van der Waals surface area contributed by atoms with Gasteiger partial charge in [0.25, 0.3) is 0 Å². The fraction of sp³-hybridized carbons (Fsp3) is 0. The summed E-state index contributed by atoms with van der Waals surface area (Å²) < 4.78 is 13.4. The van der Waals surface area contributed by atoms with Crippen LogP contribution in [0.4, 0.5) is 4.39 Å². The molecule has 0 atom stereocenters. The van der Waals surface area contributed by atoms with E-state index in [2.05, 4.69) is 0 Å². The Bertz CT molecular complexity index is 681. The van der Waals surface area contributed by atoms with Crippen LogP contribution >= 0.6 is 11.6 Å². The van der Waals surface area contributed by atoms with Crippen molar-refractivity contribution in [1.29, 1.82) is 0 Å². The largest absolute Gasteiger partial charge is 0.478 e. The topological polar surface area (TPSA) is 37.3 Å². The highest BCUT2D eigenvalue weighted by atomic mass is 35.5. The molecule has 1 aliphatic carbocycles. The molecule has 0 bridgehead atoms. The van der Waals surface area contributed by atoms with Gasteiger partial charge < -0.3 is 5.11 Å². The van der Waals surface area contributed by atoms with Gasteiger partial charge in [-0.15, -0.1) is 0 Å². The molecule has 19 heavy (non-hydrogen) atoms. The Kier molecular flexibility index (Phi) is 2.64. The van der Waals surface area contributed by atoms with Crippen molar-refractivity contribution in [3.8, 4) is 11.1 Å². The third-order valence-corrected chi connectivity index (χ3v) is 3.34. The summed E-state index contributed by atoms with van der Waals surface area (Å²) in [6.07, 6.45) is 1.08. The van der Waals surface area contributed by atoms with Crippen LogP contribution in [-0.4, -0.2) is 11.1 Å². The molecule has 0 unspecified atom stereocenters. The fourth-order valence-electron chi connectivity index (χ4n) is 2.37. The number of rotatable bonds is 1. The van der Waals surface area contributed by atoms with Gasteiger partial charge in [-0.2, -0.15) is 0 Å². The van der Waals surface area contributed by atoms with E-state index in [9.17, 15) is 9.18 Å². The zero-order chi connectivity index (χ0) is 13.6. The van der Waals surface area contributed by atoms with Gasteiger partial charge in [0.15, 0.2) is 0 Å². The Balaban J connectivity index is 2.35. The molecular weight excluding hydrogens is 267 g/mol. The standard InChI is InChI=1S/C15H8ClFO2/c16-8-1-3-10-11-4-2-9(17)6-13(11)14(7-15(18)19)12(10)5-8/h1-7H,(H,18,19)/b14-7+. The number of hydrogen-bond acceptors (Lipinski definition) is 1. The van der Waals surface area contributed by atoms with Crippen molar-refractivity contribution in [3.05, 3.63) is 64.4 Å². The van der Waals surface area contributed by atoms with Crippen LogP contribution in [0.1, 0.15) is 11.1 Å². The SMILES string of the molecule is O=C(O)/C=C1/c2cc(F)ccc2-c2ccc(Cl)cc21. The molecule has 4 heteroatoms. The van der Waals surface area contributed by atoms with Gasteiger partial charge in [0, 0.05) is 11.1 Å².